The first-order chi connectivity index (χ1) is 10.2. The summed E-state index contributed by atoms with van der Waals surface area (Å²) < 4.78 is 0. The average molecular weight is 279 g/mol. The minimum Gasteiger partial charge on any atom is -0.307 e. The van der Waals surface area contributed by atoms with E-state index < -0.39 is 0 Å². The van der Waals surface area contributed by atoms with Gasteiger partial charge in [-0.2, -0.15) is 0 Å². The number of nitrogens with one attached hydrogen (secondary N) is 1. The highest BCUT2D eigenvalue weighted by atomic mass is 15.0. The van der Waals surface area contributed by atoms with Crippen molar-refractivity contribution in [2.75, 3.05) is 0 Å². The predicted molar refractivity (Wildman–Crippen MR) is 83.1 cm³/mol. The summed E-state index contributed by atoms with van der Waals surface area (Å²) in [5.41, 5.74) is 5.01. The van der Waals surface area contributed by atoms with Crippen LogP contribution in [-0.2, 0) is 18.5 Å². The molecule has 2 aromatic rings. The van der Waals surface area contributed by atoms with E-state index in [9.17, 15) is 0 Å². The maximum atomic E-state index is 5.00. The Morgan fingerprint density at radius 2 is 1.81 bits per heavy atom. The first kappa shape index (κ1) is 13.0. The molecule has 1 fully saturated rings. The molecule has 4 rings (SSSR count). The third kappa shape index (κ3) is 2.16. The largest absolute Gasteiger partial charge is 0.307 e. The van der Waals surface area contributed by atoms with Crippen LogP contribution in [0.1, 0.15) is 60.9 Å². The fraction of sp³-hybridized carbons (Fsp3) is 0.444. The van der Waals surface area contributed by atoms with Gasteiger partial charge in [0, 0.05) is 30.0 Å². The Morgan fingerprint density at radius 3 is 2.52 bits per heavy atom. The number of nitrogens with zero attached hydrogens (tertiary/aromatic N) is 2. The van der Waals surface area contributed by atoms with Crippen molar-refractivity contribution in [2.24, 2.45) is 0 Å². The average Bonchev–Trinajstić information content (AvgIpc) is 3.24. The standard InChI is InChI=1S/C18H21N3/c1-18(2,13-6-4-3-5-7-13)17-20-15-11-19-10-14(15)16(21-17)12-8-9-12/h3-7,12,19H,8-11H2,1-2H3. The molecule has 0 spiro atoms. The van der Waals surface area contributed by atoms with Crippen molar-refractivity contribution in [1.82, 2.24) is 15.3 Å². The van der Waals surface area contributed by atoms with Crippen molar-refractivity contribution in [3.8, 4) is 0 Å². The summed E-state index contributed by atoms with van der Waals surface area (Å²) in [4.78, 5) is 9.90. The van der Waals surface area contributed by atoms with Gasteiger partial charge in [0.2, 0.25) is 0 Å². The molecule has 0 atom stereocenters. The van der Waals surface area contributed by atoms with Crippen molar-refractivity contribution < 1.29 is 0 Å². The zero-order valence-electron chi connectivity index (χ0n) is 12.7. The van der Waals surface area contributed by atoms with Gasteiger partial charge >= 0.3 is 0 Å². The molecular formula is C18H21N3. The van der Waals surface area contributed by atoms with E-state index in [1.54, 1.807) is 0 Å². The van der Waals surface area contributed by atoms with Crippen molar-refractivity contribution in [3.63, 3.8) is 0 Å². The molecule has 108 valence electrons. The van der Waals surface area contributed by atoms with E-state index in [1.165, 1.54) is 35.4 Å². The molecule has 2 heterocycles. The van der Waals surface area contributed by atoms with Crippen LogP contribution < -0.4 is 5.32 Å². The third-order valence-electron chi connectivity index (χ3n) is 4.74. The van der Waals surface area contributed by atoms with Gasteiger partial charge in [-0.3, -0.25) is 0 Å². The van der Waals surface area contributed by atoms with Crippen molar-refractivity contribution in [1.29, 1.82) is 0 Å². The van der Waals surface area contributed by atoms with Crippen molar-refractivity contribution >= 4 is 0 Å². The van der Waals surface area contributed by atoms with Crippen molar-refractivity contribution in [3.05, 3.63) is 58.7 Å². The van der Waals surface area contributed by atoms with Crippen LogP contribution in [0.3, 0.4) is 0 Å². The monoisotopic (exact) mass is 279 g/mol. The Hall–Kier alpha value is -1.74. The predicted octanol–water partition coefficient (Wildman–Crippen LogP) is 3.28. The molecular weight excluding hydrogens is 258 g/mol. The zero-order valence-corrected chi connectivity index (χ0v) is 12.7. The minimum absolute atomic E-state index is 0.150. The molecule has 3 nitrogen and oxygen atoms in total. The van der Waals surface area contributed by atoms with Gasteiger partial charge in [-0.1, -0.05) is 30.3 Å². The Kier molecular flexibility index (Phi) is 2.86. The SMILES string of the molecule is CC(C)(c1ccccc1)c1nc2c(c(C3CC3)n1)CNC2. The van der Waals surface area contributed by atoms with Crippen molar-refractivity contribution in [2.45, 2.75) is 51.1 Å². The maximum Gasteiger partial charge on any atom is 0.138 e. The second kappa shape index (κ2) is 4.63. The van der Waals surface area contributed by atoms with E-state index in [2.05, 4.69) is 49.5 Å². The molecule has 1 saturated carbocycles. The van der Waals surface area contributed by atoms with Crippen LogP contribution in [0, 0.1) is 0 Å². The summed E-state index contributed by atoms with van der Waals surface area (Å²) in [6.45, 7) is 6.27. The Balaban J connectivity index is 1.83. The molecule has 1 aliphatic heterocycles. The molecule has 1 aliphatic carbocycles. The minimum atomic E-state index is -0.150. The normalized spacial score (nSPS) is 17.8. The number of hydrogen-bond donors (Lipinski definition) is 1. The van der Waals surface area contributed by atoms with Gasteiger partial charge in [0.05, 0.1) is 11.4 Å². The highest BCUT2D eigenvalue weighted by Gasteiger charge is 2.34. The van der Waals surface area contributed by atoms with Gasteiger partial charge in [0.15, 0.2) is 0 Å². The van der Waals surface area contributed by atoms with Gasteiger partial charge < -0.3 is 5.32 Å². The fourth-order valence-electron chi connectivity index (χ4n) is 3.15. The molecule has 21 heavy (non-hydrogen) atoms. The quantitative estimate of drug-likeness (QED) is 0.937. The molecule has 2 aliphatic rings. The Morgan fingerprint density at radius 1 is 1.05 bits per heavy atom. The summed E-state index contributed by atoms with van der Waals surface area (Å²) in [5.74, 6) is 1.64. The first-order valence-corrected chi connectivity index (χ1v) is 7.82. The van der Waals surface area contributed by atoms with Gasteiger partial charge in [-0.15, -0.1) is 0 Å². The molecule has 0 amide bonds. The lowest BCUT2D eigenvalue weighted by Crippen LogP contribution is -2.24. The molecule has 0 radical (unpaired) electrons. The first-order valence-electron chi connectivity index (χ1n) is 7.82. The fourth-order valence-corrected chi connectivity index (χ4v) is 3.15. The summed E-state index contributed by atoms with van der Waals surface area (Å²) in [7, 11) is 0. The number of fused-ring (bicyclic) bond motifs is 1. The number of aromatic nitrogens is 2. The van der Waals surface area contributed by atoms with E-state index >= 15 is 0 Å². The van der Waals surface area contributed by atoms with Crippen LogP contribution in [0.15, 0.2) is 30.3 Å². The Labute approximate surface area is 125 Å². The number of hydrogen-bond acceptors (Lipinski definition) is 3. The lowest BCUT2D eigenvalue weighted by molar-refractivity contribution is 0.580. The Bertz CT molecular complexity index is 672. The summed E-state index contributed by atoms with van der Waals surface area (Å²) >= 11 is 0. The summed E-state index contributed by atoms with van der Waals surface area (Å²) in [6.07, 6.45) is 2.57. The van der Waals surface area contributed by atoms with Gasteiger partial charge in [0.1, 0.15) is 5.82 Å². The van der Waals surface area contributed by atoms with E-state index in [-0.39, 0.29) is 5.41 Å². The number of rotatable bonds is 3. The van der Waals surface area contributed by atoms with Gasteiger partial charge in [-0.05, 0) is 32.3 Å². The van der Waals surface area contributed by atoms with Crippen LogP contribution in [0.4, 0.5) is 0 Å². The maximum absolute atomic E-state index is 5.00. The molecule has 0 unspecified atom stereocenters. The third-order valence-corrected chi connectivity index (χ3v) is 4.74. The smallest absolute Gasteiger partial charge is 0.138 e. The number of benzene rings is 1. The van der Waals surface area contributed by atoms with Crippen LogP contribution in [-0.4, -0.2) is 9.97 Å². The highest BCUT2D eigenvalue weighted by Crippen LogP contribution is 2.43. The van der Waals surface area contributed by atoms with Crippen LogP contribution in [0.5, 0.6) is 0 Å². The van der Waals surface area contributed by atoms with Gasteiger partial charge in [-0.25, -0.2) is 9.97 Å². The van der Waals surface area contributed by atoms with E-state index in [0.29, 0.717) is 5.92 Å². The van der Waals surface area contributed by atoms with Crippen LogP contribution in [0.2, 0.25) is 0 Å². The summed E-state index contributed by atoms with van der Waals surface area (Å²) in [6, 6.07) is 10.6. The zero-order chi connectivity index (χ0) is 14.4. The van der Waals surface area contributed by atoms with Gasteiger partial charge in [0.25, 0.3) is 0 Å². The lowest BCUT2D eigenvalue weighted by atomic mass is 9.83. The molecule has 3 heteroatoms. The lowest BCUT2D eigenvalue weighted by Gasteiger charge is -2.25. The van der Waals surface area contributed by atoms with Crippen LogP contribution in [0.25, 0.3) is 0 Å². The molecule has 1 N–H and O–H groups in total. The van der Waals surface area contributed by atoms with Crippen LogP contribution >= 0.6 is 0 Å². The second-order valence-electron chi connectivity index (χ2n) is 6.73. The molecule has 0 saturated heterocycles. The summed E-state index contributed by atoms with van der Waals surface area (Å²) in [5, 5.41) is 3.43. The molecule has 0 bridgehead atoms. The second-order valence-corrected chi connectivity index (χ2v) is 6.73. The van der Waals surface area contributed by atoms with E-state index in [1.807, 2.05) is 0 Å². The topological polar surface area (TPSA) is 37.8 Å². The highest BCUT2D eigenvalue weighted by molar-refractivity contribution is 5.38. The molecule has 1 aromatic carbocycles. The molecule has 1 aromatic heterocycles. The van der Waals surface area contributed by atoms with E-state index in [4.69, 9.17) is 9.97 Å². The van der Waals surface area contributed by atoms with E-state index in [0.717, 1.165) is 18.9 Å².